The predicted octanol–water partition coefficient (Wildman–Crippen LogP) is 0.680. The van der Waals surface area contributed by atoms with E-state index in [4.69, 9.17) is 5.73 Å². The number of nitrogens with two attached hydrogens (primary N) is 1. The van der Waals surface area contributed by atoms with E-state index < -0.39 is 5.97 Å². The third kappa shape index (κ3) is 7.10. The van der Waals surface area contributed by atoms with Gasteiger partial charge in [-0.1, -0.05) is 5.92 Å². The van der Waals surface area contributed by atoms with Crippen LogP contribution in [0.15, 0.2) is 0 Å². The zero-order valence-electron chi connectivity index (χ0n) is 7.81. The summed E-state index contributed by atoms with van der Waals surface area (Å²) in [5.74, 6) is 4.52. The zero-order chi connectivity index (χ0) is 9.61. The summed E-state index contributed by atoms with van der Waals surface area (Å²) in [6.07, 6.45) is 0.492. The Morgan fingerprint density at radius 1 is 1.58 bits per heavy atom. The Bertz CT molecular complexity index is 205. The number of ether oxygens (including phenoxy) is 1. The molecule has 0 aromatic heterocycles. The summed E-state index contributed by atoms with van der Waals surface area (Å²) < 4.78 is 4.60. The smallest absolute Gasteiger partial charge is 0.384 e. The van der Waals surface area contributed by atoms with E-state index in [9.17, 15) is 4.79 Å². The van der Waals surface area contributed by atoms with Gasteiger partial charge in [-0.15, -0.1) is 0 Å². The number of rotatable bonds is 2. The van der Waals surface area contributed by atoms with Gasteiger partial charge in [0, 0.05) is 17.9 Å². The molecule has 0 fully saturated rings. The fourth-order valence-corrected chi connectivity index (χ4v) is 0.511. The van der Waals surface area contributed by atoms with Crippen molar-refractivity contribution in [2.75, 3.05) is 6.61 Å². The molecule has 3 heteroatoms. The van der Waals surface area contributed by atoms with E-state index in [1.165, 1.54) is 0 Å². The molecule has 0 aromatic rings. The van der Waals surface area contributed by atoms with Gasteiger partial charge < -0.3 is 10.5 Å². The SMILES string of the molecule is CCOC(=O)C#CCC(C)(C)N. The molecule has 0 aliphatic heterocycles. The minimum atomic E-state index is -0.484. The summed E-state index contributed by atoms with van der Waals surface area (Å²) in [5, 5.41) is 0. The molecule has 0 aromatic carbocycles. The summed E-state index contributed by atoms with van der Waals surface area (Å²) in [4.78, 5) is 10.7. The van der Waals surface area contributed by atoms with E-state index in [-0.39, 0.29) is 5.54 Å². The van der Waals surface area contributed by atoms with Crippen molar-refractivity contribution in [1.29, 1.82) is 0 Å². The van der Waals surface area contributed by atoms with Gasteiger partial charge in [-0.2, -0.15) is 0 Å². The van der Waals surface area contributed by atoms with Crippen LogP contribution in [0.1, 0.15) is 27.2 Å². The van der Waals surface area contributed by atoms with Crippen LogP contribution >= 0.6 is 0 Å². The highest BCUT2D eigenvalue weighted by molar-refractivity contribution is 5.88. The predicted molar refractivity (Wildman–Crippen MR) is 47.3 cm³/mol. The van der Waals surface area contributed by atoms with Gasteiger partial charge in [-0.25, -0.2) is 4.79 Å². The third-order valence-corrected chi connectivity index (χ3v) is 1.01. The van der Waals surface area contributed by atoms with Crippen LogP contribution in [0, 0.1) is 11.8 Å². The lowest BCUT2D eigenvalue weighted by Gasteiger charge is -2.12. The van der Waals surface area contributed by atoms with Crippen LogP contribution in [0.25, 0.3) is 0 Å². The molecule has 2 N–H and O–H groups in total. The molecular weight excluding hydrogens is 154 g/mol. The number of hydrogen-bond donors (Lipinski definition) is 1. The first kappa shape index (κ1) is 11.0. The van der Waals surface area contributed by atoms with Crippen LogP contribution in [0.2, 0.25) is 0 Å². The summed E-state index contributed by atoms with van der Waals surface area (Å²) >= 11 is 0. The number of esters is 1. The quantitative estimate of drug-likeness (QED) is 0.376. The first-order valence-electron chi connectivity index (χ1n) is 3.90. The first-order chi connectivity index (χ1) is 5.45. The molecule has 0 saturated heterocycles. The monoisotopic (exact) mass is 169 g/mol. The van der Waals surface area contributed by atoms with Gasteiger partial charge in [0.15, 0.2) is 0 Å². The Labute approximate surface area is 73.3 Å². The lowest BCUT2D eigenvalue weighted by Crippen LogP contribution is -2.30. The van der Waals surface area contributed by atoms with Crippen molar-refractivity contribution in [1.82, 2.24) is 0 Å². The standard InChI is InChI=1S/C9H15NO2/c1-4-12-8(11)6-5-7-9(2,3)10/h4,7,10H2,1-3H3. The lowest BCUT2D eigenvalue weighted by molar-refractivity contribution is -0.136. The van der Waals surface area contributed by atoms with Crippen LogP contribution in [0.3, 0.4) is 0 Å². The molecule has 0 spiro atoms. The third-order valence-electron chi connectivity index (χ3n) is 1.01. The summed E-state index contributed by atoms with van der Waals surface area (Å²) in [6, 6.07) is 0. The fraction of sp³-hybridized carbons (Fsp3) is 0.667. The topological polar surface area (TPSA) is 52.3 Å². The van der Waals surface area contributed by atoms with Gasteiger partial charge in [0.25, 0.3) is 0 Å². The van der Waals surface area contributed by atoms with Gasteiger partial charge in [-0.05, 0) is 20.8 Å². The van der Waals surface area contributed by atoms with Crippen molar-refractivity contribution in [3.05, 3.63) is 0 Å². The average molecular weight is 169 g/mol. The minimum absolute atomic E-state index is 0.348. The molecule has 0 unspecified atom stereocenters. The Balaban J connectivity index is 3.81. The summed E-state index contributed by atoms with van der Waals surface area (Å²) in [7, 11) is 0. The number of hydrogen-bond acceptors (Lipinski definition) is 3. The Kier molecular flexibility index (Phi) is 4.38. The molecule has 0 rings (SSSR count). The number of carbonyl (C=O) groups excluding carboxylic acids is 1. The highest BCUT2D eigenvalue weighted by Crippen LogP contribution is 2.00. The van der Waals surface area contributed by atoms with Crippen LogP contribution in [-0.2, 0) is 9.53 Å². The van der Waals surface area contributed by atoms with Crippen LogP contribution in [0.5, 0.6) is 0 Å². The van der Waals surface area contributed by atoms with E-state index >= 15 is 0 Å². The Hall–Kier alpha value is -1.01. The van der Waals surface area contributed by atoms with Gasteiger partial charge in [0.2, 0.25) is 0 Å². The maximum absolute atomic E-state index is 10.7. The summed E-state index contributed by atoms with van der Waals surface area (Å²) in [5.41, 5.74) is 5.29. The average Bonchev–Trinajstić information content (AvgIpc) is 1.84. The molecular formula is C9H15NO2. The van der Waals surface area contributed by atoms with Gasteiger partial charge >= 0.3 is 5.97 Å². The largest absolute Gasteiger partial charge is 0.456 e. The lowest BCUT2D eigenvalue weighted by atomic mass is 10.0. The van der Waals surface area contributed by atoms with Gasteiger partial charge in [-0.3, -0.25) is 0 Å². The Morgan fingerprint density at radius 3 is 2.58 bits per heavy atom. The second kappa shape index (κ2) is 4.78. The molecule has 0 aliphatic rings. The van der Waals surface area contributed by atoms with Crippen LogP contribution in [-0.4, -0.2) is 18.1 Å². The van der Waals surface area contributed by atoms with E-state index in [0.29, 0.717) is 13.0 Å². The molecule has 0 saturated carbocycles. The van der Waals surface area contributed by atoms with Gasteiger partial charge in [0.1, 0.15) is 0 Å². The van der Waals surface area contributed by atoms with Crippen LogP contribution < -0.4 is 5.73 Å². The van der Waals surface area contributed by atoms with Crippen LogP contribution in [0.4, 0.5) is 0 Å². The highest BCUT2D eigenvalue weighted by Gasteiger charge is 2.07. The molecule has 0 aliphatic carbocycles. The molecule has 3 nitrogen and oxygen atoms in total. The molecule has 0 heterocycles. The number of carbonyl (C=O) groups is 1. The van der Waals surface area contributed by atoms with Crippen molar-refractivity contribution in [2.45, 2.75) is 32.7 Å². The normalized spacial score (nSPS) is 10.0. The van der Waals surface area contributed by atoms with Gasteiger partial charge in [0.05, 0.1) is 6.61 Å². The maximum Gasteiger partial charge on any atom is 0.384 e. The van der Waals surface area contributed by atoms with Crippen molar-refractivity contribution in [3.63, 3.8) is 0 Å². The Morgan fingerprint density at radius 2 is 2.17 bits per heavy atom. The maximum atomic E-state index is 10.7. The van der Waals surface area contributed by atoms with E-state index in [2.05, 4.69) is 16.6 Å². The summed E-state index contributed by atoms with van der Waals surface area (Å²) in [6.45, 7) is 5.81. The highest BCUT2D eigenvalue weighted by atomic mass is 16.5. The molecule has 0 bridgehead atoms. The van der Waals surface area contributed by atoms with E-state index in [0.717, 1.165) is 0 Å². The second-order valence-electron chi connectivity index (χ2n) is 3.19. The second-order valence-corrected chi connectivity index (χ2v) is 3.19. The van der Waals surface area contributed by atoms with E-state index in [1.807, 2.05) is 13.8 Å². The zero-order valence-corrected chi connectivity index (χ0v) is 7.81. The van der Waals surface area contributed by atoms with E-state index in [1.54, 1.807) is 6.92 Å². The van der Waals surface area contributed by atoms with Crippen molar-refractivity contribution < 1.29 is 9.53 Å². The first-order valence-corrected chi connectivity index (χ1v) is 3.90. The molecule has 68 valence electrons. The van der Waals surface area contributed by atoms with Crippen molar-refractivity contribution >= 4 is 5.97 Å². The molecule has 0 amide bonds. The van der Waals surface area contributed by atoms with Crippen molar-refractivity contribution in [2.24, 2.45) is 5.73 Å². The molecule has 12 heavy (non-hydrogen) atoms. The van der Waals surface area contributed by atoms with Crippen molar-refractivity contribution in [3.8, 4) is 11.8 Å². The fourth-order valence-electron chi connectivity index (χ4n) is 0.511. The molecule has 0 radical (unpaired) electrons. The molecule has 0 atom stereocenters. The minimum Gasteiger partial charge on any atom is -0.456 e.